The molecule has 1 unspecified atom stereocenters. The molecule has 0 aliphatic carbocycles. The third-order valence-corrected chi connectivity index (χ3v) is 5.53. The van der Waals surface area contributed by atoms with Crippen LogP contribution in [0, 0.1) is 6.92 Å². The summed E-state index contributed by atoms with van der Waals surface area (Å²) >= 11 is 5.94. The molecule has 2 heterocycles. The molecule has 1 amide bonds. The molecule has 2 N–H and O–H groups in total. The number of carbonyl (C=O) groups excluding carboxylic acids is 1. The second-order valence-electron chi connectivity index (χ2n) is 7.17. The molecule has 1 aliphatic heterocycles. The fourth-order valence-corrected chi connectivity index (χ4v) is 3.50. The van der Waals surface area contributed by atoms with Gasteiger partial charge in [0.25, 0.3) is 5.91 Å². The van der Waals surface area contributed by atoms with Crippen molar-refractivity contribution in [1.29, 1.82) is 0 Å². The van der Waals surface area contributed by atoms with Crippen molar-refractivity contribution in [2.45, 2.75) is 40.7 Å². The Morgan fingerprint density at radius 1 is 1.24 bits per heavy atom. The van der Waals surface area contributed by atoms with Crippen molar-refractivity contribution >= 4 is 34.8 Å². The summed E-state index contributed by atoms with van der Waals surface area (Å²) in [4.78, 5) is 23.5. The number of hydrogen-bond acceptors (Lipinski definition) is 5. The van der Waals surface area contributed by atoms with Crippen LogP contribution >= 0.6 is 11.6 Å². The molecule has 0 fully saturated rings. The highest BCUT2D eigenvalue weighted by Gasteiger charge is 2.26. The van der Waals surface area contributed by atoms with Crippen LogP contribution in [0.3, 0.4) is 0 Å². The predicted molar refractivity (Wildman–Crippen MR) is 118 cm³/mol. The van der Waals surface area contributed by atoms with Gasteiger partial charge in [-0.05, 0) is 75.6 Å². The normalized spacial score (nSPS) is 16.6. The van der Waals surface area contributed by atoms with E-state index in [0.29, 0.717) is 22.5 Å². The molecule has 3 rings (SSSR count). The number of benzene rings is 1. The van der Waals surface area contributed by atoms with Crippen LogP contribution in [0.1, 0.15) is 33.3 Å². The molecule has 6 nitrogen and oxygen atoms in total. The summed E-state index contributed by atoms with van der Waals surface area (Å²) in [6.45, 7) is 11.1. The minimum atomic E-state index is -0.126. The lowest BCUT2D eigenvalue weighted by atomic mass is 9.97. The Balaban J connectivity index is 1.83. The largest absolute Gasteiger partial charge is 0.361 e. The molecular formula is C22H26ClN5O. The van der Waals surface area contributed by atoms with E-state index in [-0.39, 0.29) is 11.9 Å². The summed E-state index contributed by atoms with van der Waals surface area (Å²) in [5.74, 6) is 0.278. The van der Waals surface area contributed by atoms with Gasteiger partial charge in [0.2, 0.25) is 5.95 Å². The first-order chi connectivity index (χ1) is 13.8. The molecule has 0 saturated heterocycles. The van der Waals surface area contributed by atoms with Gasteiger partial charge in [0.05, 0.1) is 0 Å². The average molecular weight is 412 g/mol. The summed E-state index contributed by atoms with van der Waals surface area (Å²) in [5, 5.41) is 6.54. The second-order valence-corrected chi connectivity index (χ2v) is 7.56. The monoisotopic (exact) mass is 411 g/mol. The summed E-state index contributed by atoms with van der Waals surface area (Å²) in [6, 6.07) is 7.50. The van der Waals surface area contributed by atoms with Crippen LogP contribution < -0.4 is 10.6 Å². The molecule has 0 radical (unpaired) electrons. The highest BCUT2D eigenvalue weighted by molar-refractivity contribution is 6.29. The number of aromatic nitrogens is 2. The Hall–Kier alpha value is -2.86. The predicted octanol–water partition coefficient (Wildman–Crippen LogP) is 5.06. The highest BCUT2D eigenvalue weighted by Crippen LogP contribution is 2.28. The summed E-state index contributed by atoms with van der Waals surface area (Å²) in [7, 11) is 0. The fourth-order valence-electron chi connectivity index (χ4n) is 3.36. The van der Waals surface area contributed by atoms with Gasteiger partial charge in [-0.15, -0.1) is 0 Å². The number of hydrogen-bond donors (Lipinski definition) is 2. The standard InChI is InChI=1S/C22H26ClN5O/c1-6-28-16(5)15(4)14(3)11-19(28)21(29)25-17-8-7-13(2)18(12-17)26-22-24-10-9-20(23)27-22/h7-12,16H,6H2,1-5H3,(H,25,29)(H,24,26,27). The Kier molecular flexibility index (Phi) is 6.23. The minimum Gasteiger partial charge on any atom is -0.361 e. The van der Waals surface area contributed by atoms with Crippen molar-refractivity contribution in [2.24, 2.45) is 0 Å². The topological polar surface area (TPSA) is 70.2 Å². The maximum Gasteiger partial charge on any atom is 0.271 e. The van der Waals surface area contributed by atoms with Gasteiger partial charge < -0.3 is 15.5 Å². The molecule has 7 heteroatoms. The van der Waals surface area contributed by atoms with Crippen LogP contribution in [-0.2, 0) is 4.79 Å². The molecule has 1 atom stereocenters. The lowest BCUT2D eigenvalue weighted by Gasteiger charge is -2.36. The summed E-state index contributed by atoms with van der Waals surface area (Å²) in [5.41, 5.74) is 5.59. The maximum atomic E-state index is 13.0. The number of aryl methyl sites for hydroxylation is 1. The van der Waals surface area contributed by atoms with E-state index >= 15 is 0 Å². The fraction of sp³-hybridized carbons (Fsp3) is 0.318. The average Bonchev–Trinajstić information content (AvgIpc) is 2.68. The van der Waals surface area contributed by atoms with Crippen molar-refractivity contribution in [3.8, 4) is 0 Å². The van der Waals surface area contributed by atoms with Crippen molar-refractivity contribution in [3.63, 3.8) is 0 Å². The van der Waals surface area contributed by atoms with Gasteiger partial charge >= 0.3 is 0 Å². The van der Waals surface area contributed by atoms with Gasteiger partial charge in [0.1, 0.15) is 10.9 Å². The molecule has 0 spiro atoms. The Bertz CT molecular complexity index is 998. The molecule has 1 aliphatic rings. The maximum absolute atomic E-state index is 13.0. The van der Waals surface area contributed by atoms with Crippen LogP contribution in [0.15, 0.2) is 53.4 Å². The smallest absolute Gasteiger partial charge is 0.271 e. The zero-order chi connectivity index (χ0) is 21.1. The number of carbonyl (C=O) groups is 1. The molecule has 1 aromatic carbocycles. The summed E-state index contributed by atoms with van der Waals surface area (Å²) < 4.78 is 0. The first-order valence-electron chi connectivity index (χ1n) is 9.63. The Labute approximate surface area is 176 Å². The molecule has 29 heavy (non-hydrogen) atoms. The number of nitrogens with one attached hydrogen (secondary N) is 2. The van der Waals surface area contributed by atoms with E-state index in [1.807, 2.05) is 38.1 Å². The van der Waals surface area contributed by atoms with E-state index in [2.05, 4.69) is 46.3 Å². The number of rotatable bonds is 5. The van der Waals surface area contributed by atoms with Gasteiger partial charge in [-0.1, -0.05) is 17.7 Å². The molecule has 1 aromatic heterocycles. The van der Waals surface area contributed by atoms with Crippen molar-refractivity contribution in [3.05, 3.63) is 64.1 Å². The van der Waals surface area contributed by atoms with E-state index in [4.69, 9.17) is 11.6 Å². The van der Waals surface area contributed by atoms with Crippen LogP contribution in [0.5, 0.6) is 0 Å². The van der Waals surface area contributed by atoms with Gasteiger partial charge in [0.15, 0.2) is 0 Å². The molecule has 152 valence electrons. The number of halogens is 1. The van der Waals surface area contributed by atoms with E-state index in [1.165, 1.54) is 5.57 Å². The summed E-state index contributed by atoms with van der Waals surface area (Å²) in [6.07, 6.45) is 3.55. The number of allylic oxidation sites excluding steroid dienone is 2. The third kappa shape index (κ3) is 4.59. The lowest BCUT2D eigenvalue weighted by Crippen LogP contribution is -2.40. The Morgan fingerprint density at radius 2 is 2.00 bits per heavy atom. The molecular weight excluding hydrogens is 386 g/mol. The third-order valence-electron chi connectivity index (χ3n) is 5.32. The second kappa shape index (κ2) is 8.66. The van der Waals surface area contributed by atoms with E-state index < -0.39 is 0 Å². The molecule has 0 saturated carbocycles. The van der Waals surface area contributed by atoms with E-state index in [0.717, 1.165) is 23.4 Å². The number of amides is 1. The lowest BCUT2D eigenvalue weighted by molar-refractivity contribution is -0.114. The number of nitrogens with zero attached hydrogens (tertiary/aromatic N) is 3. The van der Waals surface area contributed by atoms with E-state index in [9.17, 15) is 4.79 Å². The molecule has 0 bridgehead atoms. The van der Waals surface area contributed by atoms with Crippen LogP contribution in [-0.4, -0.2) is 33.4 Å². The number of likely N-dealkylation sites (N-methyl/N-ethyl adjacent to an activating group) is 1. The zero-order valence-corrected chi connectivity index (χ0v) is 18.1. The quantitative estimate of drug-likeness (QED) is 0.672. The van der Waals surface area contributed by atoms with Gasteiger partial charge in [-0.2, -0.15) is 0 Å². The van der Waals surface area contributed by atoms with E-state index in [1.54, 1.807) is 12.3 Å². The Morgan fingerprint density at radius 3 is 2.69 bits per heavy atom. The van der Waals surface area contributed by atoms with Gasteiger partial charge in [-0.25, -0.2) is 9.97 Å². The van der Waals surface area contributed by atoms with Crippen molar-refractivity contribution in [1.82, 2.24) is 14.9 Å². The first kappa shape index (κ1) is 20.9. The zero-order valence-electron chi connectivity index (χ0n) is 17.4. The van der Waals surface area contributed by atoms with Crippen molar-refractivity contribution < 1.29 is 4.79 Å². The van der Waals surface area contributed by atoms with Crippen LogP contribution in [0.4, 0.5) is 17.3 Å². The SMILES string of the molecule is CCN1C(C(=O)Nc2ccc(C)c(Nc3nccc(Cl)n3)c2)=CC(C)=C(C)C1C. The number of anilines is 3. The first-order valence-corrected chi connectivity index (χ1v) is 10.0. The van der Waals surface area contributed by atoms with Crippen molar-refractivity contribution in [2.75, 3.05) is 17.2 Å². The minimum absolute atomic E-state index is 0.126. The van der Waals surface area contributed by atoms with Gasteiger partial charge in [-0.3, -0.25) is 4.79 Å². The highest BCUT2D eigenvalue weighted by atomic mass is 35.5. The van der Waals surface area contributed by atoms with Gasteiger partial charge in [0, 0.05) is 30.2 Å². The van der Waals surface area contributed by atoms with Crippen LogP contribution in [0.2, 0.25) is 5.15 Å². The molecule has 2 aromatic rings. The van der Waals surface area contributed by atoms with Crippen LogP contribution in [0.25, 0.3) is 0 Å².